The fourth-order valence-corrected chi connectivity index (χ4v) is 3.36. The lowest BCUT2D eigenvalue weighted by Gasteiger charge is -2.09. The van der Waals surface area contributed by atoms with Crippen molar-refractivity contribution in [1.82, 2.24) is 5.43 Å². The van der Waals surface area contributed by atoms with Gasteiger partial charge in [-0.25, -0.2) is 5.43 Å². The number of phenols is 1. The highest BCUT2D eigenvalue weighted by molar-refractivity contribution is 9.10. The van der Waals surface area contributed by atoms with E-state index in [0.29, 0.717) is 35.2 Å². The minimum Gasteiger partial charge on any atom is -0.503 e. The van der Waals surface area contributed by atoms with Crippen LogP contribution in [0.2, 0.25) is 0 Å². The van der Waals surface area contributed by atoms with Crippen LogP contribution in [0.5, 0.6) is 17.2 Å². The molecule has 0 aliphatic carbocycles. The summed E-state index contributed by atoms with van der Waals surface area (Å²) in [7, 11) is 1.46. The highest BCUT2D eigenvalue weighted by Gasteiger charge is 2.08. The number of phenolic OH excluding ortho intramolecular Hbond substituents is 1. The van der Waals surface area contributed by atoms with Crippen LogP contribution in [0, 0.1) is 0 Å². The van der Waals surface area contributed by atoms with E-state index in [-0.39, 0.29) is 11.7 Å². The highest BCUT2D eigenvalue weighted by Crippen LogP contribution is 2.34. The minimum atomic E-state index is -0.204. The zero-order chi connectivity index (χ0) is 20.5. The molecular weight excluding hydrogens is 492 g/mol. The number of methoxy groups -OCH3 is 1. The van der Waals surface area contributed by atoms with Gasteiger partial charge in [0.15, 0.2) is 11.5 Å². The second-order valence-corrected chi connectivity index (χ2v) is 7.63. The van der Waals surface area contributed by atoms with E-state index in [1.54, 1.807) is 12.1 Å². The van der Waals surface area contributed by atoms with E-state index >= 15 is 0 Å². The molecule has 0 unspecified atom stereocenters. The Balaban J connectivity index is 1.76. The molecule has 2 N–H and O–H groups in total. The molecule has 0 heterocycles. The van der Waals surface area contributed by atoms with Crippen molar-refractivity contribution < 1.29 is 19.4 Å². The van der Waals surface area contributed by atoms with Gasteiger partial charge in [0.2, 0.25) is 5.91 Å². The van der Waals surface area contributed by atoms with E-state index in [1.807, 2.05) is 18.2 Å². The normalized spacial score (nSPS) is 10.9. The molecule has 2 aromatic carbocycles. The number of aromatic hydroxyl groups is 1. The van der Waals surface area contributed by atoms with Gasteiger partial charge in [-0.1, -0.05) is 13.0 Å². The van der Waals surface area contributed by atoms with Crippen LogP contribution < -0.4 is 14.9 Å². The van der Waals surface area contributed by atoms with E-state index in [1.165, 1.54) is 18.9 Å². The quantitative estimate of drug-likeness (QED) is 0.287. The molecule has 28 heavy (non-hydrogen) atoms. The first-order chi connectivity index (χ1) is 13.4. The Hall–Kier alpha value is -2.06. The van der Waals surface area contributed by atoms with Crippen molar-refractivity contribution in [3.8, 4) is 17.2 Å². The Labute approximate surface area is 181 Å². The topological polar surface area (TPSA) is 80.2 Å². The summed E-state index contributed by atoms with van der Waals surface area (Å²) in [5, 5.41) is 13.7. The summed E-state index contributed by atoms with van der Waals surface area (Å²) < 4.78 is 12.2. The molecule has 0 bridgehead atoms. The number of rotatable bonds is 9. The summed E-state index contributed by atoms with van der Waals surface area (Å²) in [5.74, 6) is 0.893. The van der Waals surface area contributed by atoms with Gasteiger partial charge in [0.05, 0.1) is 28.9 Å². The predicted octanol–water partition coefficient (Wildman–Crippen LogP) is 4.80. The number of carbonyl (C=O) groups excluding carboxylic acids is 1. The molecule has 0 aliphatic rings. The molecule has 0 atom stereocenters. The second-order valence-electron chi connectivity index (χ2n) is 5.92. The average molecular weight is 514 g/mol. The Morgan fingerprint density at radius 1 is 1.21 bits per heavy atom. The third-order valence-corrected chi connectivity index (χ3v) is 5.11. The number of aryl methyl sites for hydroxylation is 1. The van der Waals surface area contributed by atoms with E-state index in [0.717, 1.165) is 16.6 Å². The first-order valence-corrected chi connectivity index (χ1v) is 10.3. The number of hydrogen-bond donors (Lipinski definition) is 2. The van der Waals surface area contributed by atoms with Gasteiger partial charge in [-0.2, -0.15) is 5.10 Å². The van der Waals surface area contributed by atoms with Crippen molar-refractivity contribution in [2.24, 2.45) is 5.10 Å². The number of amides is 1. The van der Waals surface area contributed by atoms with Crippen molar-refractivity contribution in [3.63, 3.8) is 0 Å². The standard InChI is InChI=1S/C20H22Br2N2O4/c1-3-13-6-7-17(15(21)9-13)28-8-4-5-19(25)24-23-12-14-10-16(22)20(26)18(11-14)27-2/h6-7,9-12,26H,3-5,8H2,1-2H3,(H,24,25)/b23-12+. The van der Waals surface area contributed by atoms with Crippen LogP contribution in [0.25, 0.3) is 0 Å². The maximum Gasteiger partial charge on any atom is 0.240 e. The lowest BCUT2D eigenvalue weighted by Crippen LogP contribution is -2.18. The van der Waals surface area contributed by atoms with Crippen LogP contribution >= 0.6 is 31.9 Å². The monoisotopic (exact) mass is 512 g/mol. The Bertz CT molecular complexity index is 856. The van der Waals surface area contributed by atoms with Gasteiger partial charge in [-0.15, -0.1) is 0 Å². The molecular formula is C20H22Br2N2O4. The highest BCUT2D eigenvalue weighted by atomic mass is 79.9. The van der Waals surface area contributed by atoms with Gasteiger partial charge in [0, 0.05) is 6.42 Å². The average Bonchev–Trinajstić information content (AvgIpc) is 2.68. The van der Waals surface area contributed by atoms with Crippen LogP contribution in [0.1, 0.15) is 30.9 Å². The van der Waals surface area contributed by atoms with Crippen molar-refractivity contribution in [2.75, 3.05) is 13.7 Å². The molecule has 0 aliphatic heterocycles. The summed E-state index contributed by atoms with van der Waals surface area (Å²) >= 11 is 6.73. The number of benzene rings is 2. The van der Waals surface area contributed by atoms with Gasteiger partial charge in [-0.3, -0.25) is 4.79 Å². The van der Waals surface area contributed by atoms with Crippen molar-refractivity contribution >= 4 is 44.0 Å². The number of hydrazone groups is 1. The lowest BCUT2D eigenvalue weighted by molar-refractivity contribution is -0.121. The fraction of sp³-hybridized carbons (Fsp3) is 0.300. The van der Waals surface area contributed by atoms with Crippen LogP contribution in [0.4, 0.5) is 0 Å². The smallest absolute Gasteiger partial charge is 0.240 e. The van der Waals surface area contributed by atoms with Gasteiger partial charge in [-0.05, 0) is 80.1 Å². The Kier molecular flexibility index (Phi) is 8.79. The summed E-state index contributed by atoms with van der Waals surface area (Å²) in [6.45, 7) is 2.53. The van der Waals surface area contributed by atoms with E-state index in [9.17, 15) is 9.90 Å². The summed E-state index contributed by atoms with van der Waals surface area (Å²) in [5.41, 5.74) is 4.38. The van der Waals surface area contributed by atoms with Crippen LogP contribution in [-0.4, -0.2) is 30.9 Å². The molecule has 0 fully saturated rings. The molecule has 0 radical (unpaired) electrons. The second kappa shape index (κ2) is 11.1. The van der Waals surface area contributed by atoms with E-state index in [2.05, 4.69) is 49.3 Å². The first-order valence-electron chi connectivity index (χ1n) is 8.74. The van der Waals surface area contributed by atoms with Gasteiger partial charge in [0.1, 0.15) is 5.75 Å². The molecule has 150 valence electrons. The molecule has 8 heteroatoms. The Morgan fingerprint density at radius 3 is 2.68 bits per heavy atom. The SMILES string of the molecule is CCc1ccc(OCCCC(=O)N/N=C/c2cc(Br)c(O)c(OC)c2)c(Br)c1. The largest absolute Gasteiger partial charge is 0.503 e. The molecule has 0 saturated heterocycles. The molecule has 6 nitrogen and oxygen atoms in total. The molecule has 2 aromatic rings. The minimum absolute atomic E-state index is 0.0136. The third kappa shape index (κ3) is 6.53. The van der Waals surface area contributed by atoms with Crippen LogP contribution in [-0.2, 0) is 11.2 Å². The van der Waals surface area contributed by atoms with E-state index < -0.39 is 0 Å². The number of halogens is 2. The van der Waals surface area contributed by atoms with Gasteiger partial charge >= 0.3 is 0 Å². The zero-order valence-corrected chi connectivity index (χ0v) is 18.8. The summed E-state index contributed by atoms with van der Waals surface area (Å²) in [4.78, 5) is 11.9. The maximum absolute atomic E-state index is 11.9. The van der Waals surface area contributed by atoms with Gasteiger partial charge < -0.3 is 14.6 Å². The zero-order valence-electron chi connectivity index (χ0n) is 15.7. The lowest BCUT2D eigenvalue weighted by atomic mass is 10.2. The van der Waals surface area contributed by atoms with Crippen LogP contribution in [0.3, 0.4) is 0 Å². The number of hydrogen-bond acceptors (Lipinski definition) is 5. The number of carbonyl (C=O) groups is 1. The van der Waals surface area contributed by atoms with Crippen molar-refractivity contribution in [1.29, 1.82) is 0 Å². The Morgan fingerprint density at radius 2 is 2.00 bits per heavy atom. The van der Waals surface area contributed by atoms with E-state index in [4.69, 9.17) is 9.47 Å². The number of nitrogens with zero attached hydrogens (tertiary/aromatic N) is 1. The van der Waals surface area contributed by atoms with Crippen molar-refractivity contribution in [3.05, 3.63) is 50.4 Å². The first kappa shape index (κ1) is 22.2. The summed E-state index contributed by atoms with van der Waals surface area (Å²) in [6, 6.07) is 9.28. The van der Waals surface area contributed by atoms with Crippen LogP contribution in [0.15, 0.2) is 44.4 Å². The molecule has 1 amide bonds. The summed E-state index contributed by atoms with van der Waals surface area (Å²) in [6.07, 6.45) is 3.31. The van der Waals surface area contributed by atoms with Crippen molar-refractivity contribution in [2.45, 2.75) is 26.2 Å². The van der Waals surface area contributed by atoms with Gasteiger partial charge in [0.25, 0.3) is 0 Å². The maximum atomic E-state index is 11.9. The molecule has 0 spiro atoms. The molecule has 2 rings (SSSR count). The number of nitrogens with one attached hydrogen (secondary N) is 1. The predicted molar refractivity (Wildman–Crippen MR) is 116 cm³/mol. The third-order valence-electron chi connectivity index (χ3n) is 3.88. The molecule has 0 aromatic heterocycles. The number of ether oxygens (including phenoxy) is 2. The fourth-order valence-electron chi connectivity index (χ4n) is 2.35. The molecule has 0 saturated carbocycles.